The Morgan fingerprint density at radius 1 is 1.10 bits per heavy atom. The lowest BCUT2D eigenvalue weighted by Gasteiger charge is -2.27. The average Bonchev–Trinajstić information content (AvgIpc) is 2.49. The Balaban J connectivity index is 1.89. The SMILES string of the molecule is CC=C[C@H]1CC[C@H](c2ccc(OC=CCC)cc2)CC1. The number of hydrogen-bond donors (Lipinski definition) is 0. The van der Waals surface area contributed by atoms with E-state index in [0.29, 0.717) is 0 Å². The molecule has 0 N–H and O–H groups in total. The van der Waals surface area contributed by atoms with Crippen molar-refractivity contribution in [1.29, 1.82) is 0 Å². The van der Waals surface area contributed by atoms with Crippen molar-refractivity contribution >= 4 is 0 Å². The lowest BCUT2D eigenvalue weighted by molar-refractivity contribution is 0.375. The van der Waals surface area contributed by atoms with Gasteiger partial charge in [0.05, 0.1) is 6.26 Å². The Labute approximate surface area is 123 Å². The maximum Gasteiger partial charge on any atom is 0.126 e. The Kier molecular flexibility index (Phi) is 5.91. The van der Waals surface area contributed by atoms with E-state index in [0.717, 1.165) is 24.0 Å². The highest BCUT2D eigenvalue weighted by atomic mass is 16.5. The summed E-state index contributed by atoms with van der Waals surface area (Å²) in [6.07, 6.45) is 14.6. The molecule has 0 aromatic heterocycles. The molecule has 1 nitrogen and oxygen atoms in total. The number of rotatable bonds is 5. The smallest absolute Gasteiger partial charge is 0.126 e. The molecule has 0 heterocycles. The second-order valence-corrected chi connectivity index (χ2v) is 5.60. The van der Waals surface area contributed by atoms with Gasteiger partial charge >= 0.3 is 0 Å². The minimum Gasteiger partial charge on any atom is -0.465 e. The van der Waals surface area contributed by atoms with Gasteiger partial charge in [-0.2, -0.15) is 0 Å². The Morgan fingerprint density at radius 2 is 1.80 bits per heavy atom. The summed E-state index contributed by atoms with van der Waals surface area (Å²) >= 11 is 0. The van der Waals surface area contributed by atoms with Crippen LogP contribution in [-0.4, -0.2) is 0 Å². The van der Waals surface area contributed by atoms with Crippen LogP contribution < -0.4 is 4.74 Å². The van der Waals surface area contributed by atoms with Gasteiger partial charge < -0.3 is 4.74 Å². The summed E-state index contributed by atoms with van der Waals surface area (Å²) in [4.78, 5) is 0. The highest BCUT2D eigenvalue weighted by Crippen LogP contribution is 2.36. The van der Waals surface area contributed by atoms with Crippen molar-refractivity contribution in [1.82, 2.24) is 0 Å². The van der Waals surface area contributed by atoms with Crippen LogP contribution in [0.4, 0.5) is 0 Å². The van der Waals surface area contributed by atoms with E-state index >= 15 is 0 Å². The van der Waals surface area contributed by atoms with E-state index in [4.69, 9.17) is 4.74 Å². The van der Waals surface area contributed by atoms with Crippen LogP contribution in [0.3, 0.4) is 0 Å². The van der Waals surface area contributed by atoms with Crippen molar-refractivity contribution in [2.45, 2.75) is 51.9 Å². The quantitative estimate of drug-likeness (QED) is 0.482. The molecule has 2 rings (SSSR count). The van der Waals surface area contributed by atoms with Crippen molar-refractivity contribution in [3.63, 3.8) is 0 Å². The van der Waals surface area contributed by atoms with E-state index in [1.165, 1.54) is 31.2 Å². The van der Waals surface area contributed by atoms with Gasteiger partial charge in [0.2, 0.25) is 0 Å². The summed E-state index contributed by atoms with van der Waals surface area (Å²) in [5, 5.41) is 0. The predicted octanol–water partition coefficient (Wildman–Crippen LogP) is 5.84. The molecule has 1 heteroatoms. The van der Waals surface area contributed by atoms with Crippen LogP contribution in [0.2, 0.25) is 0 Å². The number of hydrogen-bond acceptors (Lipinski definition) is 1. The first kappa shape index (κ1) is 14.9. The van der Waals surface area contributed by atoms with E-state index in [1.807, 2.05) is 6.08 Å². The minimum atomic E-state index is 0.733. The third kappa shape index (κ3) is 4.26. The van der Waals surface area contributed by atoms with Gasteiger partial charge in [-0.15, -0.1) is 0 Å². The molecule has 0 aliphatic heterocycles. The van der Waals surface area contributed by atoms with Gasteiger partial charge in [-0.3, -0.25) is 0 Å². The Bertz CT molecular complexity index is 433. The molecule has 0 radical (unpaired) electrons. The molecule has 0 unspecified atom stereocenters. The maximum absolute atomic E-state index is 5.55. The second kappa shape index (κ2) is 7.94. The van der Waals surface area contributed by atoms with E-state index < -0.39 is 0 Å². The average molecular weight is 270 g/mol. The highest BCUT2D eigenvalue weighted by molar-refractivity contribution is 5.30. The summed E-state index contributed by atoms with van der Waals surface area (Å²) in [6.45, 7) is 4.23. The van der Waals surface area contributed by atoms with Gasteiger partial charge in [0.15, 0.2) is 0 Å². The lowest BCUT2D eigenvalue weighted by Crippen LogP contribution is -2.11. The lowest BCUT2D eigenvalue weighted by atomic mass is 9.78. The molecule has 1 fully saturated rings. The zero-order valence-electron chi connectivity index (χ0n) is 12.7. The van der Waals surface area contributed by atoms with Gasteiger partial charge in [-0.05, 0) is 74.6 Å². The molecular formula is C19H26O. The fourth-order valence-electron chi connectivity index (χ4n) is 2.96. The minimum absolute atomic E-state index is 0.733. The standard InChI is InChI=1S/C19H26O/c1-3-5-15-20-19-13-11-18(12-14-19)17-9-7-16(6-4-2)8-10-17/h4-6,11-17H,3,7-10H2,1-2H3/t16-,17-. The topological polar surface area (TPSA) is 9.23 Å². The molecule has 0 spiro atoms. The van der Waals surface area contributed by atoms with Crippen LogP contribution in [0.1, 0.15) is 57.4 Å². The molecule has 0 amide bonds. The maximum atomic E-state index is 5.55. The van der Waals surface area contributed by atoms with Crippen molar-refractivity contribution in [3.05, 3.63) is 54.3 Å². The van der Waals surface area contributed by atoms with Crippen molar-refractivity contribution in [3.8, 4) is 5.75 Å². The van der Waals surface area contributed by atoms with Gasteiger partial charge in [0.1, 0.15) is 5.75 Å². The van der Waals surface area contributed by atoms with Crippen molar-refractivity contribution < 1.29 is 4.74 Å². The zero-order valence-corrected chi connectivity index (χ0v) is 12.7. The van der Waals surface area contributed by atoms with Gasteiger partial charge in [0, 0.05) is 0 Å². The summed E-state index contributed by atoms with van der Waals surface area (Å²) in [5.41, 5.74) is 1.47. The van der Waals surface area contributed by atoms with Gasteiger partial charge in [0.25, 0.3) is 0 Å². The largest absolute Gasteiger partial charge is 0.465 e. The first-order chi connectivity index (χ1) is 9.83. The normalized spacial score (nSPS) is 23.5. The summed E-state index contributed by atoms with van der Waals surface area (Å²) in [6, 6.07) is 8.65. The van der Waals surface area contributed by atoms with E-state index in [2.05, 4.69) is 50.3 Å². The fraction of sp³-hybridized carbons (Fsp3) is 0.474. The Morgan fingerprint density at radius 3 is 2.40 bits per heavy atom. The van der Waals surface area contributed by atoms with E-state index in [1.54, 1.807) is 6.26 Å². The van der Waals surface area contributed by atoms with Crippen molar-refractivity contribution in [2.75, 3.05) is 0 Å². The monoisotopic (exact) mass is 270 g/mol. The number of benzene rings is 1. The Hall–Kier alpha value is -1.50. The van der Waals surface area contributed by atoms with Crippen LogP contribution in [0.5, 0.6) is 5.75 Å². The molecule has 1 saturated carbocycles. The van der Waals surface area contributed by atoms with Gasteiger partial charge in [-0.1, -0.05) is 31.2 Å². The predicted molar refractivity (Wildman–Crippen MR) is 86.0 cm³/mol. The number of allylic oxidation sites excluding steroid dienone is 3. The van der Waals surface area contributed by atoms with Crippen LogP contribution in [-0.2, 0) is 0 Å². The van der Waals surface area contributed by atoms with Crippen LogP contribution in [0.25, 0.3) is 0 Å². The molecule has 108 valence electrons. The first-order valence-electron chi connectivity index (χ1n) is 7.88. The molecule has 0 bridgehead atoms. The molecule has 1 aromatic carbocycles. The molecule has 0 saturated heterocycles. The molecular weight excluding hydrogens is 244 g/mol. The van der Waals surface area contributed by atoms with Crippen LogP contribution in [0.15, 0.2) is 48.8 Å². The zero-order chi connectivity index (χ0) is 14.2. The number of ether oxygens (including phenoxy) is 1. The van der Waals surface area contributed by atoms with Crippen molar-refractivity contribution in [2.24, 2.45) is 5.92 Å². The second-order valence-electron chi connectivity index (χ2n) is 5.60. The summed E-state index contributed by atoms with van der Waals surface area (Å²) in [5.74, 6) is 2.47. The van der Waals surface area contributed by atoms with Crippen LogP contribution >= 0.6 is 0 Å². The highest BCUT2D eigenvalue weighted by Gasteiger charge is 2.20. The summed E-state index contributed by atoms with van der Waals surface area (Å²) in [7, 11) is 0. The van der Waals surface area contributed by atoms with E-state index in [-0.39, 0.29) is 0 Å². The summed E-state index contributed by atoms with van der Waals surface area (Å²) < 4.78 is 5.55. The first-order valence-corrected chi connectivity index (χ1v) is 7.88. The molecule has 1 aliphatic carbocycles. The molecule has 1 aromatic rings. The molecule has 1 aliphatic rings. The molecule has 20 heavy (non-hydrogen) atoms. The fourth-order valence-corrected chi connectivity index (χ4v) is 2.96. The third-order valence-electron chi connectivity index (χ3n) is 4.12. The van der Waals surface area contributed by atoms with Gasteiger partial charge in [-0.25, -0.2) is 0 Å². The third-order valence-corrected chi connectivity index (χ3v) is 4.12. The molecule has 0 atom stereocenters. The van der Waals surface area contributed by atoms with E-state index in [9.17, 15) is 0 Å². The van der Waals surface area contributed by atoms with Crippen LogP contribution in [0, 0.1) is 5.92 Å².